The molecule has 4 nitrogen and oxygen atoms in total. The molecule has 0 atom stereocenters. The molecule has 1 aromatic carbocycles. The van der Waals surface area contributed by atoms with Crippen LogP contribution in [0, 0.1) is 12.7 Å². The molecule has 112 valence electrons. The van der Waals surface area contributed by atoms with Crippen LogP contribution in [-0.4, -0.2) is 28.0 Å². The first-order valence-electron chi connectivity index (χ1n) is 6.47. The maximum absolute atomic E-state index is 13.7. The Morgan fingerprint density at radius 1 is 1.36 bits per heavy atom. The number of likely N-dealkylation sites (N-methyl/N-ethyl adjacent to an activating group) is 1. The summed E-state index contributed by atoms with van der Waals surface area (Å²) in [5.41, 5.74) is 1.28. The number of rotatable bonds is 2. The Balaban J connectivity index is 1.92. The molecule has 0 unspecified atom stereocenters. The van der Waals surface area contributed by atoms with E-state index in [9.17, 15) is 9.18 Å². The highest BCUT2D eigenvalue weighted by atomic mass is 32.2. The van der Waals surface area contributed by atoms with Crippen LogP contribution in [0.15, 0.2) is 39.5 Å². The Hall–Kier alpha value is -1.99. The summed E-state index contributed by atoms with van der Waals surface area (Å²) < 4.78 is 13.7. The van der Waals surface area contributed by atoms with Gasteiger partial charge in [-0.15, -0.1) is 11.3 Å². The first kappa shape index (κ1) is 14.9. The van der Waals surface area contributed by atoms with Crippen molar-refractivity contribution in [3.8, 4) is 0 Å². The Bertz CT molecular complexity index is 798. The van der Waals surface area contributed by atoms with Crippen LogP contribution in [0.25, 0.3) is 6.08 Å². The van der Waals surface area contributed by atoms with Gasteiger partial charge in [0.1, 0.15) is 5.82 Å². The van der Waals surface area contributed by atoms with E-state index in [2.05, 4.69) is 9.98 Å². The summed E-state index contributed by atoms with van der Waals surface area (Å²) in [5.74, 6) is -0.549. The number of thiazole rings is 1. The van der Waals surface area contributed by atoms with E-state index in [1.165, 1.54) is 34.1 Å². The third kappa shape index (κ3) is 2.95. The Morgan fingerprint density at radius 3 is 2.82 bits per heavy atom. The molecule has 7 heteroatoms. The third-order valence-electron chi connectivity index (χ3n) is 2.99. The summed E-state index contributed by atoms with van der Waals surface area (Å²) >= 11 is 2.64. The number of amides is 1. The molecule has 2 heterocycles. The van der Waals surface area contributed by atoms with Gasteiger partial charge in [0.2, 0.25) is 5.13 Å². The van der Waals surface area contributed by atoms with Crippen LogP contribution in [0.2, 0.25) is 0 Å². The van der Waals surface area contributed by atoms with Gasteiger partial charge in [-0.2, -0.15) is 4.99 Å². The van der Waals surface area contributed by atoms with Crippen LogP contribution in [0.1, 0.15) is 11.3 Å². The number of carbonyl (C=O) groups is 1. The lowest BCUT2D eigenvalue weighted by Gasteiger charge is -2.05. The van der Waals surface area contributed by atoms with E-state index in [1.807, 2.05) is 12.3 Å². The van der Waals surface area contributed by atoms with Crippen molar-refractivity contribution in [1.29, 1.82) is 0 Å². The number of thioether (sulfide) groups is 1. The summed E-state index contributed by atoms with van der Waals surface area (Å²) in [7, 11) is 1.65. The van der Waals surface area contributed by atoms with E-state index in [0.717, 1.165) is 5.69 Å². The first-order valence-corrected chi connectivity index (χ1v) is 8.17. The molecule has 1 aromatic heterocycles. The summed E-state index contributed by atoms with van der Waals surface area (Å²) in [6.45, 7) is 1.89. The monoisotopic (exact) mass is 333 g/mol. The summed E-state index contributed by atoms with van der Waals surface area (Å²) in [4.78, 5) is 22.8. The number of aryl methyl sites for hydroxylation is 1. The number of nitrogens with zero attached hydrogens (tertiary/aromatic N) is 3. The van der Waals surface area contributed by atoms with Gasteiger partial charge in [0.25, 0.3) is 5.91 Å². The second-order valence-electron chi connectivity index (χ2n) is 4.66. The van der Waals surface area contributed by atoms with Gasteiger partial charge in [-0.05, 0) is 30.8 Å². The molecule has 0 bridgehead atoms. The minimum absolute atomic E-state index is 0.194. The van der Waals surface area contributed by atoms with Crippen molar-refractivity contribution in [3.63, 3.8) is 0 Å². The number of aliphatic imine (C=N–C) groups is 1. The van der Waals surface area contributed by atoms with Crippen LogP contribution in [0.4, 0.5) is 9.52 Å². The average Bonchev–Trinajstić information content (AvgIpc) is 3.01. The minimum Gasteiger partial charge on any atom is -0.289 e. The van der Waals surface area contributed by atoms with Gasteiger partial charge in [-0.25, -0.2) is 9.37 Å². The normalized spacial score (nSPS) is 18.7. The van der Waals surface area contributed by atoms with E-state index < -0.39 is 0 Å². The van der Waals surface area contributed by atoms with Crippen LogP contribution >= 0.6 is 23.1 Å². The third-order valence-corrected chi connectivity index (χ3v) is 4.91. The van der Waals surface area contributed by atoms with E-state index >= 15 is 0 Å². The van der Waals surface area contributed by atoms with Gasteiger partial charge < -0.3 is 0 Å². The highest BCUT2D eigenvalue weighted by Gasteiger charge is 2.30. The second-order valence-corrected chi connectivity index (χ2v) is 6.51. The zero-order valence-corrected chi connectivity index (χ0v) is 13.5. The molecule has 1 fully saturated rings. The topological polar surface area (TPSA) is 45.6 Å². The Kier molecular flexibility index (Phi) is 4.08. The standard InChI is InChI=1S/C15H12FN3OS2/c1-9-8-21-14(17-9)18-15-19(2)13(20)12(22-15)7-10-5-3-4-6-11(10)16/h3-8H,1-2H3/b12-7-,18-15+. The fourth-order valence-electron chi connectivity index (χ4n) is 1.86. The molecule has 1 aliphatic heterocycles. The SMILES string of the molecule is Cc1csc(/N=C2/S/C(=C\c3ccccc3F)C(=O)N2C)n1. The van der Waals surface area contributed by atoms with Crippen molar-refractivity contribution in [3.05, 3.63) is 51.6 Å². The van der Waals surface area contributed by atoms with Crippen LogP contribution in [-0.2, 0) is 4.79 Å². The molecule has 2 aromatic rings. The lowest BCUT2D eigenvalue weighted by atomic mass is 10.2. The van der Waals surface area contributed by atoms with Crippen LogP contribution in [0.3, 0.4) is 0 Å². The highest BCUT2D eigenvalue weighted by Crippen LogP contribution is 2.34. The molecule has 3 rings (SSSR count). The maximum Gasteiger partial charge on any atom is 0.266 e. The molecule has 1 saturated heterocycles. The summed E-state index contributed by atoms with van der Waals surface area (Å²) in [5, 5.41) is 3.05. The average molecular weight is 333 g/mol. The summed E-state index contributed by atoms with van der Waals surface area (Å²) in [6.07, 6.45) is 1.55. The molecule has 0 N–H and O–H groups in total. The number of hydrogen-bond acceptors (Lipinski definition) is 5. The van der Waals surface area contributed by atoms with E-state index in [4.69, 9.17) is 0 Å². The Labute approximate surface area is 135 Å². The van der Waals surface area contributed by atoms with Crippen molar-refractivity contribution < 1.29 is 9.18 Å². The number of amidine groups is 1. The number of hydrogen-bond donors (Lipinski definition) is 0. The molecule has 0 aliphatic carbocycles. The molecular weight excluding hydrogens is 321 g/mol. The van der Waals surface area contributed by atoms with Crippen molar-refractivity contribution in [2.75, 3.05) is 7.05 Å². The predicted octanol–water partition coefficient (Wildman–Crippen LogP) is 3.82. The highest BCUT2D eigenvalue weighted by molar-refractivity contribution is 8.18. The van der Waals surface area contributed by atoms with Gasteiger partial charge in [0, 0.05) is 18.0 Å². The smallest absolute Gasteiger partial charge is 0.266 e. The molecular formula is C15H12FN3OS2. The predicted molar refractivity (Wildman–Crippen MR) is 88.7 cm³/mol. The van der Waals surface area contributed by atoms with Gasteiger partial charge in [0.15, 0.2) is 5.17 Å². The summed E-state index contributed by atoms with van der Waals surface area (Å²) in [6, 6.07) is 6.35. The molecule has 0 saturated carbocycles. The van der Waals surface area contributed by atoms with Gasteiger partial charge >= 0.3 is 0 Å². The molecule has 0 spiro atoms. The lowest BCUT2D eigenvalue weighted by Crippen LogP contribution is -2.23. The van der Waals surface area contributed by atoms with Crippen molar-refractivity contribution in [1.82, 2.24) is 9.88 Å². The van der Waals surface area contributed by atoms with Crippen molar-refractivity contribution >= 4 is 45.4 Å². The number of carbonyl (C=O) groups excluding carboxylic acids is 1. The zero-order chi connectivity index (χ0) is 15.7. The van der Waals surface area contributed by atoms with Gasteiger partial charge in [-0.3, -0.25) is 9.69 Å². The van der Waals surface area contributed by atoms with Crippen molar-refractivity contribution in [2.45, 2.75) is 6.92 Å². The lowest BCUT2D eigenvalue weighted by molar-refractivity contribution is -0.121. The maximum atomic E-state index is 13.7. The quantitative estimate of drug-likeness (QED) is 0.785. The zero-order valence-electron chi connectivity index (χ0n) is 11.9. The fraction of sp³-hybridized carbons (Fsp3) is 0.133. The number of benzene rings is 1. The van der Waals surface area contributed by atoms with Crippen molar-refractivity contribution in [2.24, 2.45) is 4.99 Å². The molecule has 1 aliphatic rings. The Morgan fingerprint density at radius 2 is 2.14 bits per heavy atom. The minimum atomic E-state index is -0.355. The molecule has 1 amide bonds. The van der Waals surface area contributed by atoms with Crippen LogP contribution < -0.4 is 0 Å². The van der Waals surface area contributed by atoms with Crippen LogP contribution in [0.5, 0.6) is 0 Å². The second kappa shape index (κ2) is 6.02. The number of halogens is 1. The largest absolute Gasteiger partial charge is 0.289 e. The number of aromatic nitrogens is 1. The molecule has 0 radical (unpaired) electrons. The first-order chi connectivity index (χ1) is 10.5. The van der Waals surface area contributed by atoms with Gasteiger partial charge in [0.05, 0.1) is 10.6 Å². The fourth-order valence-corrected chi connectivity index (χ4v) is 3.54. The van der Waals surface area contributed by atoms with E-state index in [1.54, 1.807) is 31.3 Å². The van der Waals surface area contributed by atoms with E-state index in [0.29, 0.717) is 20.8 Å². The van der Waals surface area contributed by atoms with E-state index in [-0.39, 0.29) is 11.7 Å². The molecule has 22 heavy (non-hydrogen) atoms. The van der Waals surface area contributed by atoms with Gasteiger partial charge in [-0.1, -0.05) is 18.2 Å².